The van der Waals surface area contributed by atoms with Gasteiger partial charge in [0.15, 0.2) is 0 Å². The Morgan fingerprint density at radius 2 is 1.72 bits per heavy atom. The summed E-state index contributed by atoms with van der Waals surface area (Å²) in [5.74, 6) is 1.46. The standard InChI is InChI=1S/C20H15ClN2O2/c21-16-1-3-17(4-2-16)25-18-5-6-19-15(11-18)13-23(20(19)24)12-14-7-9-22-10-8-14/h1-11H,12-13H2. The normalized spacial score (nSPS) is 13.0. The van der Waals surface area contributed by atoms with Crippen LogP contribution in [0, 0.1) is 0 Å². The number of fused-ring (bicyclic) bond motifs is 1. The van der Waals surface area contributed by atoms with Crippen LogP contribution in [-0.2, 0) is 13.1 Å². The van der Waals surface area contributed by atoms with Crippen LogP contribution in [0.1, 0.15) is 21.5 Å². The van der Waals surface area contributed by atoms with Gasteiger partial charge in [0.25, 0.3) is 5.91 Å². The Morgan fingerprint density at radius 3 is 2.48 bits per heavy atom. The predicted octanol–water partition coefficient (Wildman–Crippen LogP) is 4.68. The van der Waals surface area contributed by atoms with Crippen LogP contribution >= 0.6 is 11.6 Å². The zero-order valence-corrected chi connectivity index (χ0v) is 14.1. The first-order chi connectivity index (χ1) is 12.2. The molecule has 0 fully saturated rings. The van der Waals surface area contributed by atoms with Gasteiger partial charge in [-0.15, -0.1) is 0 Å². The molecule has 4 nitrogen and oxygen atoms in total. The number of aromatic nitrogens is 1. The van der Waals surface area contributed by atoms with Crippen molar-refractivity contribution in [1.82, 2.24) is 9.88 Å². The van der Waals surface area contributed by atoms with Gasteiger partial charge in [-0.1, -0.05) is 11.6 Å². The number of amides is 1. The summed E-state index contributed by atoms with van der Waals surface area (Å²) in [6, 6.07) is 16.6. The van der Waals surface area contributed by atoms with Crippen molar-refractivity contribution in [1.29, 1.82) is 0 Å². The van der Waals surface area contributed by atoms with E-state index in [4.69, 9.17) is 16.3 Å². The molecule has 2 heterocycles. The Hall–Kier alpha value is -2.85. The Balaban J connectivity index is 1.52. The number of benzene rings is 2. The summed E-state index contributed by atoms with van der Waals surface area (Å²) >= 11 is 5.89. The monoisotopic (exact) mass is 350 g/mol. The molecule has 2 aromatic carbocycles. The first-order valence-corrected chi connectivity index (χ1v) is 8.31. The number of hydrogen-bond acceptors (Lipinski definition) is 3. The second-order valence-electron chi connectivity index (χ2n) is 5.89. The smallest absolute Gasteiger partial charge is 0.254 e. The number of carbonyl (C=O) groups is 1. The van der Waals surface area contributed by atoms with E-state index in [1.54, 1.807) is 24.5 Å². The largest absolute Gasteiger partial charge is 0.457 e. The molecule has 3 aromatic rings. The first kappa shape index (κ1) is 15.7. The lowest BCUT2D eigenvalue weighted by Gasteiger charge is -2.15. The van der Waals surface area contributed by atoms with E-state index in [-0.39, 0.29) is 5.91 Å². The van der Waals surface area contributed by atoms with E-state index >= 15 is 0 Å². The first-order valence-electron chi connectivity index (χ1n) is 7.93. The van der Waals surface area contributed by atoms with E-state index in [9.17, 15) is 4.79 Å². The number of ether oxygens (including phenoxy) is 1. The number of hydrogen-bond donors (Lipinski definition) is 0. The highest BCUT2D eigenvalue weighted by molar-refractivity contribution is 6.30. The maximum atomic E-state index is 12.6. The minimum Gasteiger partial charge on any atom is -0.457 e. The Kier molecular flexibility index (Phi) is 4.12. The Labute approximate surface area is 150 Å². The van der Waals surface area contributed by atoms with Crippen LogP contribution in [0.5, 0.6) is 11.5 Å². The molecule has 1 aromatic heterocycles. The summed E-state index contributed by atoms with van der Waals surface area (Å²) in [6.45, 7) is 1.15. The van der Waals surface area contributed by atoms with Crippen molar-refractivity contribution in [3.63, 3.8) is 0 Å². The van der Waals surface area contributed by atoms with Crippen LogP contribution in [0.4, 0.5) is 0 Å². The lowest BCUT2D eigenvalue weighted by molar-refractivity contribution is 0.0766. The second kappa shape index (κ2) is 6.57. The Bertz CT molecular complexity index is 911. The maximum Gasteiger partial charge on any atom is 0.254 e. The SMILES string of the molecule is O=C1c2ccc(Oc3ccc(Cl)cc3)cc2CN1Cc1ccncc1. The van der Waals surface area contributed by atoms with E-state index < -0.39 is 0 Å². The molecular weight excluding hydrogens is 336 g/mol. The van der Waals surface area contributed by atoms with Gasteiger partial charge in [-0.05, 0) is 65.7 Å². The molecule has 0 radical (unpaired) electrons. The molecule has 1 aliphatic rings. The van der Waals surface area contributed by atoms with E-state index in [1.807, 2.05) is 47.4 Å². The summed E-state index contributed by atoms with van der Waals surface area (Å²) in [5.41, 5.74) is 2.77. The van der Waals surface area contributed by atoms with Crippen molar-refractivity contribution in [2.75, 3.05) is 0 Å². The molecular formula is C20H15ClN2O2. The second-order valence-corrected chi connectivity index (χ2v) is 6.33. The van der Waals surface area contributed by atoms with Crippen molar-refractivity contribution in [3.05, 3.63) is 88.7 Å². The molecule has 0 spiro atoms. The van der Waals surface area contributed by atoms with E-state index in [1.165, 1.54) is 0 Å². The maximum absolute atomic E-state index is 12.6. The number of rotatable bonds is 4. The van der Waals surface area contributed by atoms with Crippen molar-refractivity contribution in [3.8, 4) is 11.5 Å². The molecule has 0 bridgehead atoms. The Morgan fingerprint density at radius 1 is 1.00 bits per heavy atom. The molecule has 25 heavy (non-hydrogen) atoms. The highest BCUT2D eigenvalue weighted by Gasteiger charge is 2.27. The van der Waals surface area contributed by atoms with Crippen LogP contribution in [-0.4, -0.2) is 15.8 Å². The third-order valence-corrected chi connectivity index (χ3v) is 4.38. The molecule has 0 atom stereocenters. The molecule has 5 heteroatoms. The molecule has 0 N–H and O–H groups in total. The summed E-state index contributed by atoms with van der Waals surface area (Å²) in [4.78, 5) is 18.4. The average Bonchev–Trinajstić information content (AvgIpc) is 2.93. The van der Waals surface area contributed by atoms with Crippen LogP contribution < -0.4 is 4.74 Å². The van der Waals surface area contributed by atoms with Gasteiger partial charge in [0, 0.05) is 36.1 Å². The fourth-order valence-electron chi connectivity index (χ4n) is 2.90. The van der Waals surface area contributed by atoms with Gasteiger partial charge in [-0.25, -0.2) is 0 Å². The molecule has 0 saturated heterocycles. The van der Waals surface area contributed by atoms with E-state index in [2.05, 4.69) is 4.98 Å². The van der Waals surface area contributed by atoms with Crippen LogP contribution in [0.2, 0.25) is 5.02 Å². The zero-order valence-electron chi connectivity index (χ0n) is 13.4. The third-order valence-electron chi connectivity index (χ3n) is 4.13. The summed E-state index contributed by atoms with van der Waals surface area (Å²) in [6.07, 6.45) is 3.47. The van der Waals surface area contributed by atoms with Crippen molar-refractivity contribution in [2.45, 2.75) is 13.1 Å². The minimum absolute atomic E-state index is 0.0462. The predicted molar refractivity (Wildman–Crippen MR) is 95.8 cm³/mol. The highest BCUT2D eigenvalue weighted by atomic mass is 35.5. The molecule has 0 unspecified atom stereocenters. The van der Waals surface area contributed by atoms with Gasteiger partial charge in [0.05, 0.1) is 0 Å². The topological polar surface area (TPSA) is 42.4 Å². The van der Waals surface area contributed by atoms with Gasteiger partial charge < -0.3 is 9.64 Å². The summed E-state index contributed by atoms with van der Waals surface area (Å²) in [5, 5.41) is 0.665. The lowest BCUT2D eigenvalue weighted by atomic mass is 10.1. The number of halogens is 1. The van der Waals surface area contributed by atoms with Crippen molar-refractivity contribution >= 4 is 17.5 Å². The van der Waals surface area contributed by atoms with E-state index in [0.29, 0.717) is 29.6 Å². The van der Waals surface area contributed by atoms with Gasteiger partial charge in [0.1, 0.15) is 11.5 Å². The average molecular weight is 351 g/mol. The summed E-state index contributed by atoms with van der Waals surface area (Å²) in [7, 11) is 0. The van der Waals surface area contributed by atoms with Gasteiger partial charge in [-0.2, -0.15) is 0 Å². The van der Waals surface area contributed by atoms with Crippen molar-refractivity contribution in [2.24, 2.45) is 0 Å². The van der Waals surface area contributed by atoms with Crippen LogP contribution in [0.25, 0.3) is 0 Å². The minimum atomic E-state index is 0.0462. The van der Waals surface area contributed by atoms with Crippen molar-refractivity contribution < 1.29 is 9.53 Å². The van der Waals surface area contributed by atoms with Crippen LogP contribution in [0.15, 0.2) is 67.0 Å². The molecule has 1 aliphatic heterocycles. The van der Waals surface area contributed by atoms with Crippen LogP contribution in [0.3, 0.4) is 0 Å². The zero-order chi connectivity index (χ0) is 17.2. The lowest BCUT2D eigenvalue weighted by Crippen LogP contribution is -2.23. The fraction of sp³-hybridized carbons (Fsp3) is 0.100. The molecule has 1 amide bonds. The van der Waals surface area contributed by atoms with Gasteiger partial charge >= 0.3 is 0 Å². The molecule has 0 saturated carbocycles. The highest BCUT2D eigenvalue weighted by Crippen LogP contribution is 2.30. The molecule has 124 valence electrons. The summed E-state index contributed by atoms with van der Waals surface area (Å²) < 4.78 is 5.85. The third kappa shape index (κ3) is 3.35. The van der Waals surface area contributed by atoms with Gasteiger partial charge in [-0.3, -0.25) is 9.78 Å². The quantitative estimate of drug-likeness (QED) is 0.686. The number of pyridine rings is 1. The number of nitrogens with zero attached hydrogens (tertiary/aromatic N) is 2. The number of carbonyl (C=O) groups excluding carboxylic acids is 1. The molecule has 4 rings (SSSR count). The molecule has 0 aliphatic carbocycles. The van der Waals surface area contributed by atoms with E-state index in [0.717, 1.165) is 16.7 Å². The van der Waals surface area contributed by atoms with Gasteiger partial charge in [0.2, 0.25) is 0 Å². The fourth-order valence-corrected chi connectivity index (χ4v) is 3.02.